The second-order valence-corrected chi connectivity index (χ2v) is 8.75. The molecule has 26 heavy (non-hydrogen) atoms. The molecule has 0 saturated carbocycles. The topological polar surface area (TPSA) is 66.5 Å². The summed E-state index contributed by atoms with van der Waals surface area (Å²) in [6.07, 6.45) is 1.51. The molecule has 0 aliphatic carbocycles. The normalized spacial score (nSPS) is 11.5. The summed E-state index contributed by atoms with van der Waals surface area (Å²) in [4.78, 5) is 12.5. The summed E-state index contributed by atoms with van der Waals surface area (Å²) in [5.41, 5.74) is 1.07. The molecular formula is C19H23BrN2O3S. The van der Waals surface area contributed by atoms with E-state index in [0.717, 1.165) is 17.3 Å². The van der Waals surface area contributed by atoms with Crippen molar-refractivity contribution in [1.29, 1.82) is 0 Å². The minimum absolute atomic E-state index is 0.207. The predicted molar refractivity (Wildman–Crippen MR) is 108 cm³/mol. The van der Waals surface area contributed by atoms with Crippen LogP contribution < -0.4 is 5.32 Å². The SMILES string of the molecule is CCCN(CCC)S(=O)(=O)c1ccc(C(=O)Nc2cccc(Br)c2)cc1. The van der Waals surface area contributed by atoms with Gasteiger partial charge in [0.2, 0.25) is 10.0 Å². The third-order valence-electron chi connectivity index (χ3n) is 3.78. The van der Waals surface area contributed by atoms with Gasteiger partial charge in [0.15, 0.2) is 0 Å². The Balaban J connectivity index is 2.17. The van der Waals surface area contributed by atoms with Crippen molar-refractivity contribution in [1.82, 2.24) is 4.31 Å². The highest BCUT2D eigenvalue weighted by atomic mass is 79.9. The van der Waals surface area contributed by atoms with E-state index >= 15 is 0 Å². The van der Waals surface area contributed by atoms with E-state index in [1.807, 2.05) is 26.0 Å². The quantitative estimate of drug-likeness (QED) is 0.658. The lowest BCUT2D eigenvalue weighted by molar-refractivity contribution is 0.102. The number of sulfonamides is 1. The molecule has 0 fully saturated rings. The summed E-state index contributed by atoms with van der Waals surface area (Å²) < 4.78 is 27.8. The fourth-order valence-corrected chi connectivity index (χ4v) is 4.57. The Morgan fingerprint density at radius 3 is 2.19 bits per heavy atom. The fourth-order valence-electron chi connectivity index (χ4n) is 2.55. The van der Waals surface area contributed by atoms with Crippen molar-refractivity contribution in [3.63, 3.8) is 0 Å². The summed E-state index contributed by atoms with van der Waals surface area (Å²) in [7, 11) is -3.54. The van der Waals surface area contributed by atoms with E-state index in [9.17, 15) is 13.2 Å². The van der Waals surface area contributed by atoms with E-state index in [1.165, 1.54) is 28.6 Å². The molecule has 0 radical (unpaired) electrons. The van der Waals surface area contributed by atoms with Crippen molar-refractivity contribution >= 4 is 37.5 Å². The molecule has 2 aromatic rings. The Morgan fingerprint density at radius 2 is 1.65 bits per heavy atom. The number of carbonyl (C=O) groups is 1. The van der Waals surface area contributed by atoms with E-state index in [4.69, 9.17) is 0 Å². The smallest absolute Gasteiger partial charge is 0.255 e. The summed E-state index contributed by atoms with van der Waals surface area (Å²) >= 11 is 3.36. The molecular weight excluding hydrogens is 416 g/mol. The maximum absolute atomic E-state index is 12.7. The van der Waals surface area contributed by atoms with Gasteiger partial charge < -0.3 is 5.32 Å². The molecule has 7 heteroatoms. The van der Waals surface area contributed by atoms with Gasteiger partial charge in [0.25, 0.3) is 5.91 Å². The Kier molecular flexibility index (Phi) is 7.37. The number of benzene rings is 2. The molecule has 2 rings (SSSR count). The Hall–Kier alpha value is -1.70. The number of nitrogens with one attached hydrogen (secondary N) is 1. The van der Waals surface area contributed by atoms with Crippen LogP contribution in [0.15, 0.2) is 57.9 Å². The molecule has 0 bridgehead atoms. The number of halogens is 1. The molecule has 0 unspecified atom stereocenters. The van der Waals surface area contributed by atoms with Gasteiger partial charge in [0, 0.05) is 28.8 Å². The van der Waals surface area contributed by atoms with Crippen LogP contribution in [0.2, 0.25) is 0 Å². The lowest BCUT2D eigenvalue weighted by atomic mass is 10.2. The molecule has 0 atom stereocenters. The van der Waals surface area contributed by atoms with Gasteiger partial charge in [-0.15, -0.1) is 0 Å². The molecule has 0 aliphatic rings. The summed E-state index contributed by atoms with van der Waals surface area (Å²) in [5.74, 6) is -0.286. The van der Waals surface area contributed by atoms with Crippen LogP contribution in [0.1, 0.15) is 37.0 Å². The summed E-state index contributed by atoms with van der Waals surface area (Å²) in [6, 6.07) is 13.3. The molecule has 0 saturated heterocycles. The van der Waals surface area contributed by atoms with Gasteiger partial charge in [-0.25, -0.2) is 8.42 Å². The van der Waals surface area contributed by atoms with Gasteiger partial charge in [0.1, 0.15) is 0 Å². The lowest BCUT2D eigenvalue weighted by Gasteiger charge is -2.21. The van der Waals surface area contributed by atoms with E-state index < -0.39 is 10.0 Å². The maximum Gasteiger partial charge on any atom is 0.255 e. The molecule has 140 valence electrons. The number of rotatable bonds is 8. The third kappa shape index (κ3) is 5.16. The van der Waals surface area contributed by atoms with Crippen molar-refractivity contribution in [3.05, 3.63) is 58.6 Å². The summed E-state index contributed by atoms with van der Waals surface area (Å²) in [6.45, 7) is 4.88. The van der Waals surface area contributed by atoms with Gasteiger partial charge in [-0.3, -0.25) is 4.79 Å². The van der Waals surface area contributed by atoms with E-state index in [2.05, 4.69) is 21.2 Å². The minimum atomic E-state index is -3.54. The van der Waals surface area contributed by atoms with Gasteiger partial charge in [-0.1, -0.05) is 35.8 Å². The number of nitrogens with zero attached hydrogens (tertiary/aromatic N) is 1. The molecule has 0 spiro atoms. The fraction of sp³-hybridized carbons (Fsp3) is 0.316. The molecule has 1 N–H and O–H groups in total. The molecule has 2 aromatic carbocycles. The number of hydrogen-bond donors (Lipinski definition) is 1. The first kappa shape index (κ1) is 20.6. The number of carbonyl (C=O) groups excluding carboxylic acids is 1. The third-order valence-corrected chi connectivity index (χ3v) is 6.19. The first-order valence-electron chi connectivity index (χ1n) is 8.55. The van der Waals surface area contributed by atoms with Crippen LogP contribution in [0.3, 0.4) is 0 Å². The van der Waals surface area contributed by atoms with Crippen molar-refractivity contribution in [2.24, 2.45) is 0 Å². The van der Waals surface area contributed by atoms with Crippen LogP contribution in [0.4, 0.5) is 5.69 Å². The number of hydrogen-bond acceptors (Lipinski definition) is 3. The minimum Gasteiger partial charge on any atom is -0.322 e. The molecule has 0 aliphatic heterocycles. The highest BCUT2D eigenvalue weighted by Crippen LogP contribution is 2.19. The van der Waals surface area contributed by atoms with Crippen LogP contribution in [0.5, 0.6) is 0 Å². The van der Waals surface area contributed by atoms with Gasteiger partial charge >= 0.3 is 0 Å². The molecule has 0 heterocycles. The van der Waals surface area contributed by atoms with Crippen LogP contribution in [-0.2, 0) is 10.0 Å². The van der Waals surface area contributed by atoms with Gasteiger partial charge in [0.05, 0.1) is 4.90 Å². The van der Waals surface area contributed by atoms with Crippen LogP contribution >= 0.6 is 15.9 Å². The largest absolute Gasteiger partial charge is 0.322 e. The van der Waals surface area contributed by atoms with Crippen LogP contribution in [0.25, 0.3) is 0 Å². The lowest BCUT2D eigenvalue weighted by Crippen LogP contribution is -2.32. The highest BCUT2D eigenvalue weighted by Gasteiger charge is 2.23. The van der Waals surface area contributed by atoms with E-state index in [-0.39, 0.29) is 10.8 Å². The average Bonchev–Trinajstić information content (AvgIpc) is 2.61. The van der Waals surface area contributed by atoms with Crippen molar-refractivity contribution in [2.45, 2.75) is 31.6 Å². The molecule has 1 amide bonds. The van der Waals surface area contributed by atoms with Gasteiger partial charge in [-0.05, 0) is 55.3 Å². The van der Waals surface area contributed by atoms with E-state index in [1.54, 1.807) is 12.1 Å². The second-order valence-electron chi connectivity index (χ2n) is 5.89. The molecule has 5 nitrogen and oxygen atoms in total. The zero-order valence-corrected chi connectivity index (χ0v) is 17.3. The second kappa shape index (κ2) is 9.30. The maximum atomic E-state index is 12.7. The van der Waals surface area contributed by atoms with Crippen molar-refractivity contribution in [3.8, 4) is 0 Å². The predicted octanol–water partition coefficient (Wildman–Crippen LogP) is 4.51. The number of anilines is 1. The van der Waals surface area contributed by atoms with E-state index in [0.29, 0.717) is 24.3 Å². The summed E-state index contributed by atoms with van der Waals surface area (Å²) in [5, 5.41) is 2.79. The van der Waals surface area contributed by atoms with Crippen molar-refractivity contribution < 1.29 is 13.2 Å². The first-order chi connectivity index (χ1) is 12.4. The van der Waals surface area contributed by atoms with Gasteiger partial charge in [-0.2, -0.15) is 4.31 Å². The average molecular weight is 439 g/mol. The number of amides is 1. The zero-order chi connectivity index (χ0) is 19.2. The van der Waals surface area contributed by atoms with Crippen LogP contribution in [-0.4, -0.2) is 31.7 Å². The van der Waals surface area contributed by atoms with Crippen molar-refractivity contribution in [2.75, 3.05) is 18.4 Å². The van der Waals surface area contributed by atoms with Crippen LogP contribution in [0, 0.1) is 0 Å². The first-order valence-corrected chi connectivity index (χ1v) is 10.8. The zero-order valence-electron chi connectivity index (χ0n) is 14.9. The molecule has 0 aromatic heterocycles. The monoisotopic (exact) mass is 438 g/mol. The Labute approximate surface area is 163 Å². The Bertz CT molecular complexity index is 845. The standard InChI is InChI=1S/C19H23BrN2O3S/c1-3-12-22(13-4-2)26(24,25)18-10-8-15(9-11-18)19(23)21-17-7-5-6-16(20)14-17/h5-11,14H,3-4,12-13H2,1-2H3,(H,21,23). The highest BCUT2D eigenvalue weighted by molar-refractivity contribution is 9.10. The Morgan fingerprint density at radius 1 is 1.04 bits per heavy atom.